The third-order valence-electron chi connectivity index (χ3n) is 3.38. The van der Waals surface area contributed by atoms with Crippen LogP contribution in [-0.2, 0) is 11.6 Å². The summed E-state index contributed by atoms with van der Waals surface area (Å²) in [5, 5.41) is 9.09. The molecule has 0 bridgehead atoms. The molecule has 20 heavy (non-hydrogen) atoms. The van der Waals surface area contributed by atoms with Crippen molar-refractivity contribution in [2.45, 2.75) is 38.3 Å². The van der Waals surface area contributed by atoms with Crippen LogP contribution in [0.2, 0.25) is 0 Å². The molecule has 3 nitrogen and oxygen atoms in total. The molecular weight excluding hydrogens is 269 g/mol. The van der Waals surface area contributed by atoms with Gasteiger partial charge in [-0.2, -0.15) is 18.4 Å². The predicted octanol–water partition coefficient (Wildman–Crippen LogP) is 3.49. The quantitative estimate of drug-likeness (QED) is 0.797. The zero-order valence-corrected chi connectivity index (χ0v) is 11.1. The van der Waals surface area contributed by atoms with Crippen LogP contribution in [0.4, 0.5) is 13.2 Å². The highest BCUT2D eigenvalue weighted by molar-refractivity contribution is 5.97. The maximum atomic E-state index is 12.9. The minimum absolute atomic E-state index is 0.0288. The highest BCUT2D eigenvalue weighted by Crippen LogP contribution is 2.47. The minimum atomic E-state index is -4.63. The van der Waals surface area contributed by atoms with Gasteiger partial charge < -0.3 is 0 Å². The second-order valence-electron chi connectivity index (χ2n) is 5.34. The number of hydrogen-bond acceptors (Lipinski definition) is 3. The molecule has 0 aromatic carbocycles. The highest BCUT2D eigenvalue weighted by atomic mass is 19.4. The third-order valence-corrected chi connectivity index (χ3v) is 3.38. The number of halogens is 3. The summed E-state index contributed by atoms with van der Waals surface area (Å²) in [6, 6.07) is 4.09. The first-order valence-corrected chi connectivity index (χ1v) is 6.25. The Bertz CT molecular complexity index is 595. The van der Waals surface area contributed by atoms with Crippen molar-refractivity contribution in [2.75, 3.05) is 0 Å². The molecule has 1 aliphatic carbocycles. The summed E-state index contributed by atoms with van der Waals surface area (Å²) in [7, 11) is 0. The second-order valence-corrected chi connectivity index (χ2v) is 5.34. The van der Waals surface area contributed by atoms with Crippen LogP contribution in [0.3, 0.4) is 0 Å². The lowest BCUT2D eigenvalue weighted by molar-refractivity contribution is -0.141. The van der Waals surface area contributed by atoms with Gasteiger partial charge in [-0.25, -0.2) is 4.98 Å². The Morgan fingerprint density at radius 1 is 1.40 bits per heavy atom. The fraction of sp³-hybridized carbons (Fsp3) is 0.500. The number of pyridine rings is 1. The number of hydrogen-bond donors (Lipinski definition) is 0. The number of nitriles is 1. The fourth-order valence-electron chi connectivity index (χ4n) is 1.95. The van der Waals surface area contributed by atoms with E-state index in [1.54, 1.807) is 13.8 Å². The molecule has 0 aliphatic heterocycles. The van der Waals surface area contributed by atoms with Gasteiger partial charge in [0.2, 0.25) is 0 Å². The van der Waals surface area contributed by atoms with Crippen LogP contribution in [0.15, 0.2) is 12.1 Å². The minimum Gasteiger partial charge on any atom is -0.294 e. The van der Waals surface area contributed by atoms with Gasteiger partial charge in [0.05, 0.1) is 17.2 Å². The molecule has 0 unspecified atom stereocenters. The lowest BCUT2D eigenvalue weighted by Crippen LogP contribution is -2.17. The van der Waals surface area contributed by atoms with Crippen molar-refractivity contribution >= 4 is 5.78 Å². The summed E-state index contributed by atoms with van der Waals surface area (Å²) in [6.45, 7) is 3.24. The number of carbonyl (C=O) groups excluding carboxylic acids is 1. The van der Waals surface area contributed by atoms with Gasteiger partial charge in [-0.1, -0.05) is 13.8 Å². The van der Waals surface area contributed by atoms with Crippen molar-refractivity contribution < 1.29 is 18.0 Å². The standard InChI is InChI=1S/C14H13F3N2O/c1-8(2)12(20)9-5-10(13(7-18)3-4-13)19-11(6-9)14(15,16)17/h5-6,8H,3-4H2,1-2H3. The predicted molar refractivity (Wildman–Crippen MR) is 64.9 cm³/mol. The molecule has 0 atom stereocenters. The number of aromatic nitrogens is 1. The van der Waals surface area contributed by atoms with E-state index >= 15 is 0 Å². The molecule has 1 heterocycles. The number of Topliss-reactive ketones (excluding diaryl/α,β-unsaturated/α-hetero) is 1. The molecule has 106 valence electrons. The fourth-order valence-corrected chi connectivity index (χ4v) is 1.95. The van der Waals surface area contributed by atoms with Gasteiger partial charge in [0, 0.05) is 11.5 Å². The maximum absolute atomic E-state index is 12.9. The SMILES string of the molecule is CC(C)C(=O)c1cc(C(F)(F)F)nc(C2(C#N)CC2)c1. The van der Waals surface area contributed by atoms with Crippen LogP contribution in [-0.4, -0.2) is 10.8 Å². The van der Waals surface area contributed by atoms with E-state index in [9.17, 15) is 18.0 Å². The number of nitrogens with zero attached hydrogens (tertiary/aromatic N) is 2. The summed E-state index contributed by atoms with van der Waals surface area (Å²) in [4.78, 5) is 15.5. The van der Waals surface area contributed by atoms with Crippen LogP contribution in [0.1, 0.15) is 48.4 Å². The number of alkyl halides is 3. The molecule has 0 spiro atoms. The van der Waals surface area contributed by atoms with Gasteiger partial charge in [-0.15, -0.1) is 0 Å². The van der Waals surface area contributed by atoms with E-state index in [-0.39, 0.29) is 17.0 Å². The molecule has 0 N–H and O–H groups in total. The van der Waals surface area contributed by atoms with Crippen molar-refractivity contribution in [2.24, 2.45) is 5.92 Å². The summed E-state index contributed by atoms with van der Waals surface area (Å²) >= 11 is 0. The van der Waals surface area contributed by atoms with E-state index in [2.05, 4.69) is 4.98 Å². The monoisotopic (exact) mass is 282 g/mol. The van der Waals surface area contributed by atoms with Crippen molar-refractivity contribution in [1.29, 1.82) is 5.26 Å². The van der Waals surface area contributed by atoms with E-state index in [0.29, 0.717) is 12.8 Å². The van der Waals surface area contributed by atoms with E-state index in [1.807, 2.05) is 6.07 Å². The molecule has 0 saturated heterocycles. The summed E-state index contributed by atoms with van der Waals surface area (Å²) < 4.78 is 38.6. The molecule has 0 amide bonds. The third kappa shape index (κ3) is 2.53. The van der Waals surface area contributed by atoms with Crippen molar-refractivity contribution in [3.63, 3.8) is 0 Å². The van der Waals surface area contributed by atoms with Gasteiger partial charge in [-0.05, 0) is 25.0 Å². The smallest absolute Gasteiger partial charge is 0.294 e. The van der Waals surface area contributed by atoms with Gasteiger partial charge in [0.1, 0.15) is 5.69 Å². The zero-order chi connectivity index (χ0) is 15.1. The lowest BCUT2D eigenvalue weighted by atomic mass is 9.96. The second kappa shape index (κ2) is 4.58. The molecule has 1 saturated carbocycles. The first kappa shape index (κ1) is 14.5. The Hall–Kier alpha value is -1.90. The van der Waals surface area contributed by atoms with Crippen LogP contribution in [0.5, 0.6) is 0 Å². The van der Waals surface area contributed by atoms with Crippen LogP contribution < -0.4 is 0 Å². The number of carbonyl (C=O) groups is 1. The molecule has 0 radical (unpaired) electrons. The van der Waals surface area contributed by atoms with Gasteiger partial charge in [-0.3, -0.25) is 4.79 Å². The highest BCUT2D eigenvalue weighted by Gasteiger charge is 2.48. The molecular formula is C14H13F3N2O. The Labute approximate surface area is 114 Å². The Kier molecular flexibility index (Phi) is 3.32. The van der Waals surface area contributed by atoms with Crippen LogP contribution in [0, 0.1) is 17.2 Å². The molecule has 1 aliphatic rings. The van der Waals surface area contributed by atoms with Gasteiger partial charge >= 0.3 is 6.18 Å². The van der Waals surface area contributed by atoms with Gasteiger partial charge in [0.15, 0.2) is 5.78 Å². The summed E-state index contributed by atoms with van der Waals surface area (Å²) in [5.41, 5.74) is -2.04. The van der Waals surface area contributed by atoms with Crippen molar-refractivity contribution in [3.05, 3.63) is 29.1 Å². The van der Waals surface area contributed by atoms with E-state index in [0.717, 1.165) is 6.07 Å². The Balaban J connectivity index is 2.57. The summed E-state index contributed by atoms with van der Waals surface area (Å²) in [6.07, 6.45) is -3.67. The first-order chi connectivity index (χ1) is 9.19. The van der Waals surface area contributed by atoms with E-state index in [4.69, 9.17) is 5.26 Å². The average molecular weight is 282 g/mol. The zero-order valence-electron chi connectivity index (χ0n) is 11.1. The number of rotatable bonds is 3. The summed E-state index contributed by atoms with van der Waals surface area (Å²) in [5.74, 6) is -0.795. The average Bonchev–Trinajstić information content (AvgIpc) is 3.17. The molecule has 1 aromatic heterocycles. The number of ketones is 1. The van der Waals surface area contributed by atoms with E-state index < -0.39 is 23.2 Å². The normalized spacial score (nSPS) is 16.9. The van der Waals surface area contributed by atoms with Crippen LogP contribution >= 0.6 is 0 Å². The largest absolute Gasteiger partial charge is 0.433 e. The van der Waals surface area contributed by atoms with Crippen LogP contribution in [0.25, 0.3) is 0 Å². The lowest BCUT2D eigenvalue weighted by Gasteiger charge is -2.14. The molecule has 6 heteroatoms. The van der Waals surface area contributed by atoms with E-state index in [1.165, 1.54) is 6.07 Å². The molecule has 1 fully saturated rings. The Morgan fingerprint density at radius 2 is 2.00 bits per heavy atom. The maximum Gasteiger partial charge on any atom is 0.433 e. The molecule has 1 aromatic rings. The van der Waals surface area contributed by atoms with Crippen molar-refractivity contribution in [3.8, 4) is 6.07 Å². The topological polar surface area (TPSA) is 53.8 Å². The van der Waals surface area contributed by atoms with Gasteiger partial charge in [0.25, 0.3) is 0 Å². The molecule has 2 rings (SSSR count). The Morgan fingerprint density at radius 3 is 2.40 bits per heavy atom. The first-order valence-electron chi connectivity index (χ1n) is 6.25. The van der Waals surface area contributed by atoms with Crippen molar-refractivity contribution in [1.82, 2.24) is 4.98 Å².